The number of anilines is 1. The van der Waals surface area contributed by atoms with Gasteiger partial charge < -0.3 is 54.8 Å². The Hall–Kier alpha value is -6.25. The number of aromatic nitrogens is 4. The molecular weight excluding hydrogens is 847 g/mol. The normalized spacial score (nSPS) is 23.2. The lowest BCUT2D eigenvalue weighted by molar-refractivity contribution is -0.272. The Morgan fingerprint density at radius 1 is 1.08 bits per heavy atom. The number of amides is 1. The van der Waals surface area contributed by atoms with E-state index in [9.17, 15) is 29.4 Å². The number of methoxy groups -OCH3 is 1. The van der Waals surface area contributed by atoms with E-state index in [0.29, 0.717) is 28.5 Å². The van der Waals surface area contributed by atoms with Crippen LogP contribution in [0.2, 0.25) is 0 Å². The Kier molecular flexibility index (Phi) is 12.5. The number of carbonyl (C=O) groups is 3. The minimum absolute atomic E-state index is 0.0153. The molecular formula is C45H49N7O11S. The number of hydrogen-bond acceptors (Lipinski definition) is 14. The van der Waals surface area contributed by atoms with Gasteiger partial charge in [-0.05, 0) is 73.9 Å². The molecule has 5 aromatic rings. The number of aliphatic hydroxyl groups excluding tert-OH is 2. The molecule has 6 N–H and O–H groups in total. The number of nitrogens with zero attached hydrogens (tertiary/aromatic N) is 3. The predicted molar refractivity (Wildman–Crippen MR) is 236 cm³/mol. The van der Waals surface area contributed by atoms with Crippen LogP contribution in [0.1, 0.15) is 50.9 Å². The summed E-state index contributed by atoms with van der Waals surface area (Å²) in [4.78, 5) is 68.4. The van der Waals surface area contributed by atoms with Crippen molar-refractivity contribution in [3.05, 3.63) is 100 Å². The van der Waals surface area contributed by atoms with Crippen LogP contribution in [-0.4, -0.2) is 109 Å². The van der Waals surface area contributed by atoms with Gasteiger partial charge in [-0.1, -0.05) is 39.0 Å². The molecule has 8 atom stereocenters. The van der Waals surface area contributed by atoms with E-state index in [2.05, 4.69) is 25.9 Å². The number of rotatable bonds is 13. The molecule has 8 rings (SSSR count). The summed E-state index contributed by atoms with van der Waals surface area (Å²) in [7, 11) is 1.38. The molecule has 0 bridgehead atoms. The van der Waals surface area contributed by atoms with E-state index in [0.717, 1.165) is 16.5 Å². The summed E-state index contributed by atoms with van der Waals surface area (Å²) in [6, 6.07) is 15.5. The third kappa shape index (κ3) is 8.44. The molecule has 0 unspecified atom stereocenters. The van der Waals surface area contributed by atoms with Crippen molar-refractivity contribution in [1.29, 1.82) is 0 Å². The van der Waals surface area contributed by atoms with Crippen molar-refractivity contribution in [2.45, 2.75) is 95.5 Å². The zero-order valence-electron chi connectivity index (χ0n) is 35.7. The first-order chi connectivity index (χ1) is 30.7. The molecule has 3 aliphatic heterocycles. The zero-order valence-corrected chi connectivity index (χ0v) is 36.5. The summed E-state index contributed by atoms with van der Waals surface area (Å²) in [5.74, 6) is -2.27. The Morgan fingerprint density at radius 3 is 2.55 bits per heavy atom. The third-order valence-corrected chi connectivity index (χ3v) is 12.1. The van der Waals surface area contributed by atoms with E-state index in [-0.39, 0.29) is 35.8 Å². The number of H-pyrrole nitrogens is 1. The van der Waals surface area contributed by atoms with Crippen molar-refractivity contribution in [3.63, 3.8) is 0 Å². The Morgan fingerprint density at radius 2 is 1.84 bits per heavy atom. The molecule has 3 aliphatic rings. The fraction of sp³-hybridized carbons (Fsp3) is 0.400. The molecule has 1 saturated heterocycles. The number of carbonyl (C=O) groups excluding carboxylic acids is 3. The van der Waals surface area contributed by atoms with Crippen LogP contribution in [0.4, 0.5) is 5.69 Å². The molecule has 0 spiro atoms. The second-order valence-corrected chi connectivity index (χ2v) is 16.8. The standard InChI is InChI=1S/C45H49N7O11S/c1-6-45(29-17-32-35-25(15-24-9-7-8-10-30(24)49-35)19-52(32)41(57)38(29)60-20-33(45)53)63-42(58)34(22(2)3)51-40(56)31(16-27-18-46-21-47-27)50-44(64)48-26-11-13-28(14-12-26)62-43-37(55)39(59-5)36(54)23(4)61-43/h7-15,17-18,21-23,31,34,36-37,39,43,54-55H,6,16,19-20H2,1-5H3,(H,46,47)(H,51,56)(H2,48,50,64)/t23-,31-,34+,36+,37-,39+,43+,45-/m0/s1. The number of fused-ring (bicyclic) bond motifs is 5. The van der Waals surface area contributed by atoms with Gasteiger partial charge in [0.05, 0.1) is 41.4 Å². The second kappa shape index (κ2) is 18.1. The Balaban J connectivity index is 0.986. The zero-order chi connectivity index (χ0) is 45.4. The summed E-state index contributed by atoms with van der Waals surface area (Å²) in [6.07, 6.45) is -1.83. The monoisotopic (exact) mass is 895 g/mol. The quantitative estimate of drug-likeness (QED) is 0.0722. The summed E-state index contributed by atoms with van der Waals surface area (Å²) in [5.41, 5.74) is 1.49. The van der Waals surface area contributed by atoms with Gasteiger partial charge in [0.15, 0.2) is 17.5 Å². The number of benzene rings is 2. The number of thiocarbonyl (C=S) groups is 1. The van der Waals surface area contributed by atoms with Crippen LogP contribution in [0, 0.1) is 5.92 Å². The Bertz CT molecular complexity index is 2640. The lowest BCUT2D eigenvalue weighted by Crippen LogP contribution is -2.59. The van der Waals surface area contributed by atoms with Gasteiger partial charge in [-0.15, -0.1) is 0 Å². The van der Waals surface area contributed by atoms with Crippen LogP contribution in [0.3, 0.4) is 0 Å². The molecule has 1 fully saturated rings. The molecule has 1 amide bonds. The number of hydrogen-bond donors (Lipinski definition) is 6. The predicted octanol–water partition coefficient (Wildman–Crippen LogP) is 2.86. The SMILES string of the molecule is CC[C@@]1(OC(=O)[C@H](NC(=O)[C@H](Cc2cnc[nH]2)NC(=S)Nc2ccc(O[C@H]3O[C@@H](C)[C@@H](O)[C@@H](OC)[C@@H]3O)cc2)C(C)C)C(=O)COc2c1cc1n(c2=O)Cc2cc3ccccc3nc2-1. The smallest absolute Gasteiger partial charge is 0.330 e. The topological polar surface area (TPSA) is 237 Å². The van der Waals surface area contributed by atoms with Crippen LogP contribution in [0.15, 0.2) is 78.0 Å². The molecule has 0 saturated carbocycles. The molecule has 0 radical (unpaired) electrons. The highest BCUT2D eigenvalue weighted by Crippen LogP contribution is 2.43. The molecule has 3 aromatic heterocycles. The molecule has 19 heteroatoms. The number of aromatic amines is 1. The fourth-order valence-electron chi connectivity index (χ4n) is 8.33. The van der Waals surface area contributed by atoms with Gasteiger partial charge in [0.25, 0.3) is 5.56 Å². The van der Waals surface area contributed by atoms with Crippen LogP contribution in [-0.2, 0) is 47.2 Å². The maximum absolute atomic E-state index is 14.4. The van der Waals surface area contributed by atoms with Gasteiger partial charge in [0, 0.05) is 42.1 Å². The number of pyridine rings is 2. The maximum atomic E-state index is 14.4. The first-order valence-electron chi connectivity index (χ1n) is 20.9. The number of esters is 1. The van der Waals surface area contributed by atoms with E-state index in [1.807, 2.05) is 30.3 Å². The van der Waals surface area contributed by atoms with E-state index >= 15 is 0 Å². The summed E-state index contributed by atoms with van der Waals surface area (Å²) in [6.45, 7) is 6.56. The van der Waals surface area contributed by atoms with Crippen molar-refractivity contribution < 1.29 is 48.3 Å². The van der Waals surface area contributed by atoms with Crippen LogP contribution in [0.5, 0.6) is 11.5 Å². The number of para-hydroxylation sites is 1. The van der Waals surface area contributed by atoms with Crippen molar-refractivity contribution in [2.75, 3.05) is 19.0 Å². The first-order valence-corrected chi connectivity index (χ1v) is 21.3. The Labute approximate surface area is 372 Å². The highest BCUT2D eigenvalue weighted by atomic mass is 32.1. The van der Waals surface area contributed by atoms with Gasteiger partial charge in [0.2, 0.25) is 23.6 Å². The maximum Gasteiger partial charge on any atom is 0.330 e. The molecule has 336 valence electrons. The minimum atomic E-state index is -1.90. The molecule has 6 heterocycles. The van der Waals surface area contributed by atoms with Gasteiger partial charge >= 0.3 is 5.97 Å². The van der Waals surface area contributed by atoms with Crippen LogP contribution >= 0.6 is 12.2 Å². The van der Waals surface area contributed by atoms with Crippen molar-refractivity contribution in [3.8, 4) is 22.9 Å². The van der Waals surface area contributed by atoms with Crippen molar-refractivity contribution >= 4 is 51.6 Å². The van der Waals surface area contributed by atoms with Crippen molar-refractivity contribution in [1.82, 2.24) is 30.2 Å². The van der Waals surface area contributed by atoms with Crippen LogP contribution < -0.4 is 31.0 Å². The van der Waals surface area contributed by atoms with Crippen LogP contribution in [0.25, 0.3) is 22.3 Å². The molecule has 18 nitrogen and oxygen atoms in total. The lowest BCUT2D eigenvalue weighted by Gasteiger charge is -2.40. The number of Topliss-reactive ketones (excluding diaryl/α,β-unsaturated/α-hetero) is 1. The lowest BCUT2D eigenvalue weighted by atomic mass is 9.84. The largest absolute Gasteiger partial charge is 0.479 e. The first kappa shape index (κ1) is 44.4. The average molecular weight is 896 g/mol. The molecule has 0 aliphatic carbocycles. The summed E-state index contributed by atoms with van der Waals surface area (Å²) in [5, 5.41) is 30.8. The number of nitrogens with one attached hydrogen (secondary N) is 4. The van der Waals surface area contributed by atoms with E-state index in [1.54, 1.807) is 68.8 Å². The van der Waals surface area contributed by atoms with Gasteiger partial charge in [0.1, 0.15) is 36.1 Å². The number of ether oxygens (including phenoxy) is 5. The number of ketones is 1. The summed E-state index contributed by atoms with van der Waals surface area (Å²) >= 11 is 5.63. The van der Waals surface area contributed by atoms with Gasteiger partial charge in [-0.3, -0.25) is 19.0 Å². The van der Waals surface area contributed by atoms with Crippen molar-refractivity contribution in [2.24, 2.45) is 5.92 Å². The summed E-state index contributed by atoms with van der Waals surface area (Å²) < 4.78 is 30.3. The molecule has 64 heavy (non-hydrogen) atoms. The van der Waals surface area contributed by atoms with Gasteiger partial charge in [-0.25, -0.2) is 14.8 Å². The highest BCUT2D eigenvalue weighted by molar-refractivity contribution is 7.80. The molecule has 2 aromatic carbocycles. The fourth-order valence-corrected chi connectivity index (χ4v) is 8.59. The third-order valence-electron chi connectivity index (χ3n) is 11.9. The minimum Gasteiger partial charge on any atom is -0.479 e. The van der Waals surface area contributed by atoms with E-state index in [4.69, 9.17) is 40.9 Å². The highest BCUT2D eigenvalue weighted by Gasteiger charge is 2.51. The van der Waals surface area contributed by atoms with Gasteiger partial charge in [-0.2, -0.15) is 0 Å². The number of imidazole rings is 1. The van der Waals surface area contributed by atoms with E-state index < -0.39 is 84.1 Å². The second-order valence-electron chi connectivity index (χ2n) is 16.4. The number of aliphatic hydroxyl groups is 2. The average Bonchev–Trinajstić information content (AvgIpc) is 3.93. The van der Waals surface area contributed by atoms with E-state index in [1.165, 1.54) is 13.4 Å².